The number of hydrogen-bond donors (Lipinski definition) is 1. The van der Waals surface area contributed by atoms with E-state index in [1.165, 1.54) is 5.56 Å². The predicted octanol–water partition coefficient (Wildman–Crippen LogP) is 4.60. The maximum absolute atomic E-state index is 12.8. The Labute approximate surface area is 167 Å². The lowest BCUT2D eigenvalue weighted by Gasteiger charge is -2.32. The van der Waals surface area contributed by atoms with Crippen LogP contribution in [0.3, 0.4) is 0 Å². The van der Waals surface area contributed by atoms with Gasteiger partial charge in [0.15, 0.2) is 0 Å². The Morgan fingerprint density at radius 1 is 1.18 bits per heavy atom. The van der Waals surface area contributed by atoms with Gasteiger partial charge >= 0.3 is 0 Å². The number of nitriles is 1. The third kappa shape index (κ3) is 5.01. The van der Waals surface area contributed by atoms with Gasteiger partial charge in [0.2, 0.25) is 0 Å². The maximum atomic E-state index is 12.8. The summed E-state index contributed by atoms with van der Waals surface area (Å²) >= 11 is 0. The van der Waals surface area contributed by atoms with Crippen LogP contribution in [-0.4, -0.2) is 23.9 Å². The number of carbonyl (C=O) groups excluding carboxylic acids is 1. The molecule has 0 spiro atoms. The number of anilines is 1. The molecule has 4 nitrogen and oxygen atoms in total. The first-order valence-corrected chi connectivity index (χ1v) is 9.84. The van der Waals surface area contributed by atoms with E-state index in [0.29, 0.717) is 19.0 Å². The molecule has 1 fully saturated rings. The zero-order valence-electron chi connectivity index (χ0n) is 16.6. The molecule has 0 bridgehead atoms. The molecule has 2 aromatic carbocycles. The lowest BCUT2D eigenvalue weighted by Crippen LogP contribution is -2.39. The van der Waals surface area contributed by atoms with Crippen LogP contribution in [0.2, 0.25) is 0 Å². The van der Waals surface area contributed by atoms with Crippen molar-refractivity contribution in [2.75, 3.05) is 18.4 Å². The van der Waals surface area contributed by atoms with Crippen LogP contribution in [-0.2, 0) is 11.2 Å². The second-order valence-corrected chi connectivity index (χ2v) is 7.56. The van der Waals surface area contributed by atoms with Crippen molar-refractivity contribution in [3.8, 4) is 6.07 Å². The van der Waals surface area contributed by atoms with Crippen LogP contribution in [0.15, 0.2) is 60.3 Å². The molecule has 0 saturated carbocycles. The summed E-state index contributed by atoms with van der Waals surface area (Å²) in [5, 5.41) is 12.6. The normalized spacial score (nSPS) is 15.2. The van der Waals surface area contributed by atoms with Gasteiger partial charge in [-0.15, -0.1) is 0 Å². The molecule has 1 aliphatic rings. The topological polar surface area (TPSA) is 56.1 Å². The van der Waals surface area contributed by atoms with E-state index >= 15 is 0 Å². The van der Waals surface area contributed by atoms with Crippen LogP contribution < -0.4 is 5.32 Å². The highest BCUT2D eigenvalue weighted by Crippen LogP contribution is 2.23. The minimum atomic E-state index is -0.182. The van der Waals surface area contributed by atoms with Gasteiger partial charge in [-0.3, -0.25) is 4.79 Å². The van der Waals surface area contributed by atoms with Crippen molar-refractivity contribution in [3.63, 3.8) is 0 Å². The first-order chi connectivity index (χ1) is 13.6. The third-order valence-electron chi connectivity index (χ3n) is 5.38. The van der Waals surface area contributed by atoms with Crippen molar-refractivity contribution in [1.29, 1.82) is 5.26 Å². The van der Waals surface area contributed by atoms with Crippen molar-refractivity contribution >= 4 is 11.6 Å². The summed E-state index contributed by atoms with van der Waals surface area (Å²) in [5.74, 6) is 0.410. The van der Waals surface area contributed by atoms with E-state index in [0.717, 1.165) is 36.1 Å². The molecule has 1 N–H and O–H groups in total. The zero-order chi connectivity index (χ0) is 19.9. The summed E-state index contributed by atoms with van der Waals surface area (Å²) in [6.45, 7) is 5.43. The molecule has 1 aliphatic heterocycles. The molecule has 0 aromatic heterocycles. The van der Waals surface area contributed by atoms with Crippen molar-refractivity contribution in [2.24, 2.45) is 5.92 Å². The maximum Gasteiger partial charge on any atom is 0.266 e. The van der Waals surface area contributed by atoms with Gasteiger partial charge in [0.1, 0.15) is 11.6 Å². The van der Waals surface area contributed by atoms with Crippen LogP contribution in [0, 0.1) is 31.1 Å². The molecule has 2 aromatic rings. The standard InChI is InChI=1S/C24H27N3O/c1-18-8-9-19(2)23(14-18)26-17-22(16-25)24(28)27-12-10-21(11-13-27)15-20-6-4-3-5-7-20/h3-9,14,17,21,26H,10-13,15H2,1-2H3/b22-17-. The quantitative estimate of drug-likeness (QED) is 0.615. The highest BCUT2D eigenvalue weighted by atomic mass is 16.2. The molecule has 0 aliphatic carbocycles. The fraction of sp³-hybridized carbons (Fsp3) is 0.333. The first kappa shape index (κ1) is 19.7. The van der Waals surface area contributed by atoms with Crippen LogP contribution in [0.1, 0.15) is 29.5 Å². The Kier molecular flexibility index (Phi) is 6.49. The van der Waals surface area contributed by atoms with Crippen LogP contribution >= 0.6 is 0 Å². The average Bonchev–Trinajstić information content (AvgIpc) is 2.72. The summed E-state index contributed by atoms with van der Waals surface area (Å²) < 4.78 is 0. The van der Waals surface area contributed by atoms with Gasteiger partial charge in [0.25, 0.3) is 5.91 Å². The second-order valence-electron chi connectivity index (χ2n) is 7.56. The zero-order valence-corrected chi connectivity index (χ0v) is 16.6. The summed E-state index contributed by atoms with van der Waals surface area (Å²) in [5.41, 5.74) is 4.63. The number of aryl methyl sites for hydroxylation is 2. The summed E-state index contributed by atoms with van der Waals surface area (Å²) in [6, 6.07) is 18.6. The number of rotatable bonds is 5. The van der Waals surface area contributed by atoms with E-state index in [2.05, 4.69) is 35.7 Å². The predicted molar refractivity (Wildman–Crippen MR) is 113 cm³/mol. The summed E-state index contributed by atoms with van der Waals surface area (Å²) in [6.07, 6.45) is 4.55. The highest BCUT2D eigenvalue weighted by molar-refractivity contribution is 5.97. The molecule has 1 amide bonds. The number of amides is 1. The number of carbonyl (C=O) groups is 1. The third-order valence-corrected chi connectivity index (χ3v) is 5.38. The van der Waals surface area contributed by atoms with Gasteiger partial charge in [0.05, 0.1) is 0 Å². The Hall–Kier alpha value is -3.06. The molecule has 28 heavy (non-hydrogen) atoms. The molecular weight excluding hydrogens is 346 g/mol. The Morgan fingerprint density at radius 3 is 2.57 bits per heavy atom. The van der Waals surface area contributed by atoms with E-state index in [-0.39, 0.29) is 11.5 Å². The number of piperidine rings is 1. The van der Waals surface area contributed by atoms with Gasteiger partial charge in [-0.05, 0) is 61.8 Å². The van der Waals surface area contributed by atoms with Gasteiger partial charge in [0, 0.05) is 25.0 Å². The number of nitrogens with zero attached hydrogens (tertiary/aromatic N) is 2. The Morgan fingerprint density at radius 2 is 1.89 bits per heavy atom. The smallest absolute Gasteiger partial charge is 0.266 e. The van der Waals surface area contributed by atoms with Gasteiger partial charge in [-0.2, -0.15) is 5.26 Å². The minimum absolute atomic E-state index is 0.155. The van der Waals surface area contributed by atoms with Gasteiger partial charge in [-0.1, -0.05) is 42.5 Å². The van der Waals surface area contributed by atoms with Crippen molar-refractivity contribution in [1.82, 2.24) is 4.90 Å². The Balaban J connectivity index is 1.58. The molecule has 1 heterocycles. The van der Waals surface area contributed by atoms with E-state index in [1.54, 1.807) is 11.1 Å². The monoisotopic (exact) mass is 373 g/mol. The van der Waals surface area contributed by atoms with Crippen LogP contribution in [0.5, 0.6) is 0 Å². The van der Waals surface area contributed by atoms with Crippen molar-refractivity contribution in [2.45, 2.75) is 33.1 Å². The largest absolute Gasteiger partial charge is 0.360 e. The first-order valence-electron chi connectivity index (χ1n) is 9.84. The lowest BCUT2D eigenvalue weighted by molar-refractivity contribution is -0.128. The summed E-state index contributed by atoms with van der Waals surface area (Å²) in [7, 11) is 0. The lowest BCUT2D eigenvalue weighted by atomic mass is 9.90. The number of benzene rings is 2. The molecule has 144 valence electrons. The van der Waals surface area contributed by atoms with Crippen molar-refractivity contribution in [3.05, 3.63) is 77.0 Å². The van der Waals surface area contributed by atoms with Crippen LogP contribution in [0.4, 0.5) is 5.69 Å². The molecule has 4 heteroatoms. The van der Waals surface area contributed by atoms with E-state index in [1.807, 2.05) is 38.1 Å². The van der Waals surface area contributed by atoms with E-state index in [9.17, 15) is 10.1 Å². The van der Waals surface area contributed by atoms with Gasteiger partial charge in [-0.25, -0.2) is 0 Å². The summed E-state index contributed by atoms with van der Waals surface area (Å²) in [4.78, 5) is 14.6. The van der Waals surface area contributed by atoms with Crippen LogP contribution in [0.25, 0.3) is 0 Å². The number of likely N-dealkylation sites (tertiary alicyclic amines) is 1. The molecule has 1 saturated heterocycles. The molecule has 0 radical (unpaired) electrons. The minimum Gasteiger partial charge on any atom is -0.360 e. The SMILES string of the molecule is Cc1ccc(C)c(N/C=C(/C#N)C(=O)N2CCC(Cc3ccccc3)CC2)c1. The molecular formula is C24H27N3O. The fourth-order valence-electron chi connectivity index (χ4n) is 3.64. The molecule has 0 atom stereocenters. The molecule has 0 unspecified atom stereocenters. The fourth-order valence-corrected chi connectivity index (χ4v) is 3.64. The Bertz CT molecular complexity index is 888. The second kappa shape index (κ2) is 9.23. The number of nitrogens with one attached hydrogen (secondary N) is 1. The van der Waals surface area contributed by atoms with Crippen molar-refractivity contribution < 1.29 is 4.79 Å². The molecule has 3 rings (SSSR count). The van der Waals surface area contributed by atoms with E-state index < -0.39 is 0 Å². The number of hydrogen-bond acceptors (Lipinski definition) is 3. The highest BCUT2D eigenvalue weighted by Gasteiger charge is 2.25. The van der Waals surface area contributed by atoms with E-state index in [4.69, 9.17) is 0 Å². The average molecular weight is 374 g/mol. The van der Waals surface area contributed by atoms with Gasteiger partial charge < -0.3 is 10.2 Å².